The van der Waals surface area contributed by atoms with E-state index in [1.807, 2.05) is 31.2 Å². The maximum absolute atomic E-state index is 11.9. The number of benzene rings is 1. The van der Waals surface area contributed by atoms with Crippen molar-refractivity contribution in [2.75, 3.05) is 11.1 Å². The van der Waals surface area contributed by atoms with Gasteiger partial charge >= 0.3 is 5.69 Å². The summed E-state index contributed by atoms with van der Waals surface area (Å²) in [4.78, 5) is 25.7. The molecule has 0 aliphatic rings. The Balaban J connectivity index is 2.08. The summed E-state index contributed by atoms with van der Waals surface area (Å²) >= 11 is 0. The monoisotopic (exact) mass is 286 g/mol. The van der Waals surface area contributed by atoms with Crippen LogP contribution in [-0.4, -0.2) is 15.8 Å². The van der Waals surface area contributed by atoms with Gasteiger partial charge in [0.1, 0.15) is 5.82 Å². The van der Waals surface area contributed by atoms with Crippen molar-refractivity contribution in [3.63, 3.8) is 0 Å². The van der Waals surface area contributed by atoms with Gasteiger partial charge in [-0.3, -0.25) is 14.9 Å². The van der Waals surface area contributed by atoms with Gasteiger partial charge in [0.25, 0.3) is 0 Å². The number of aryl methyl sites for hydroxylation is 1. The molecule has 0 aliphatic heterocycles. The Kier molecular flexibility index (Phi) is 4.13. The van der Waals surface area contributed by atoms with Crippen LogP contribution in [0.1, 0.15) is 11.1 Å². The largest absolute Gasteiger partial charge is 0.378 e. The van der Waals surface area contributed by atoms with Crippen molar-refractivity contribution in [2.45, 2.75) is 13.3 Å². The minimum Gasteiger partial charge on any atom is -0.378 e. The second-order valence-corrected chi connectivity index (χ2v) is 4.51. The molecule has 1 heterocycles. The highest BCUT2D eigenvalue weighted by molar-refractivity contribution is 5.91. The van der Waals surface area contributed by atoms with Crippen molar-refractivity contribution >= 4 is 23.2 Å². The zero-order valence-corrected chi connectivity index (χ0v) is 11.4. The molecule has 21 heavy (non-hydrogen) atoms. The van der Waals surface area contributed by atoms with Crippen LogP contribution in [0.3, 0.4) is 0 Å². The molecule has 0 bridgehead atoms. The summed E-state index contributed by atoms with van der Waals surface area (Å²) in [7, 11) is 0. The van der Waals surface area contributed by atoms with Crippen LogP contribution in [0.5, 0.6) is 0 Å². The molecule has 1 aromatic heterocycles. The predicted molar refractivity (Wildman–Crippen MR) is 78.8 cm³/mol. The van der Waals surface area contributed by atoms with E-state index in [0.29, 0.717) is 0 Å². The van der Waals surface area contributed by atoms with Gasteiger partial charge in [-0.2, -0.15) is 0 Å². The summed E-state index contributed by atoms with van der Waals surface area (Å²) in [6.45, 7) is 1.92. The fraction of sp³-hybridized carbons (Fsp3) is 0.143. The zero-order valence-electron chi connectivity index (χ0n) is 11.4. The lowest BCUT2D eigenvalue weighted by atomic mass is 10.1. The van der Waals surface area contributed by atoms with E-state index >= 15 is 0 Å². The Morgan fingerprint density at radius 1 is 1.33 bits per heavy atom. The number of nitrogen functional groups attached to an aromatic ring is 1. The SMILES string of the molecule is Cc1ccccc1CC(=O)Nc1ccc([N+](=O)[O-])c(N)n1. The molecule has 3 N–H and O–H groups in total. The minimum absolute atomic E-state index is 0.191. The third-order valence-electron chi connectivity index (χ3n) is 2.98. The lowest BCUT2D eigenvalue weighted by molar-refractivity contribution is -0.384. The van der Waals surface area contributed by atoms with Gasteiger partial charge in [0.05, 0.1) is 11.3 Å². The molecule has 0 fully saturated rings. The van der Waals surface area contributed by atoms with E-state index in [4.69, 9.17) is 5.73 Å². The number of nitrogens with one attached hydrogen (secondary N) is 1. The van der Waals surface area contributed by atoms with E-state index in [-0.39, 0.29) is 29.7 Å². The number of amides is 1. The molecular weight excluding hydrogens is 272 g/mol. The number of carbonyl (C=O) groups excluding carboxylic acids is 1. The van der Waals surface area contributed by atoms with Crippen molar-refractivity contribution in [1.82, 2.24) is 4.98 Å². The predicted octanol–water partition coefficient (Wildman–Crippen LogP) is 2.06. The zero-order chi connectivity index (χ0) is 15.4. The summed E-state index contributed by atoms with van der Waals surface area (Å²) in [5.41, 5.74) is 7.11. The number of nitrogens with two attached hydrogens (primary N) is 1. The topological polar surface area (TPSA) is 111 Å². The number of hydrogen-bond donors (Lipinski definition) is 2. The lowest BCUT2D eigenvalue weighted by Crippen LogP contribution is -2.16. The fourth-order valence-corrected chi connectivity index (χ4v) is 1.86. The highest BCUT2D eigenvalue weighted by atomic mass is 16.6. The van der Waals surface area contributed by atoms with Crippen molar-refractivity contribution in [1.29, 1.82) is 0 Å². The first-order chi connectivity index (χ1) is 9.97. The van der Waals surface area contributed by atoms with Gasteiger partial charge in [-0.1, -0.05) is 24.3 Å². The molecule has 0 saturated heterocycles. The Morgan fingerprint density at radius 2 is 2.05 bits per heavy atom. The van der Waals surface area contributed by atoms with Crippen LogP contribution in [-0.2, 0) is 11.2 Å². The minimum atomic E-state index is -0.624. The summed E-state index contributed by atoms with van der Waals surface area (Å²) in [5, 5.41) is 13.2. The van der Waals surface area contributed by atoms with Crippen LogP contribution < -0.4 is 11.1 Å². The van der Waals surface area contributed by atoms with Gasteiger partial charge in [0.2, 0.25) is 11.7 Å². The number of nitro groups is 1. The first kappa shape index (κ1) is 14.4. The molecule has 7 nitrogen and oxygen atoms in total. The van der Waals surface area contributed by atoms with Gasteiger partial charge in [-0.15, -0.1) is 0 Å². The van der Waals surface area contributed by atoms with Gasteiger partial charge in [0.15, 0.2) is 0 Å². The summed E-state index contributed by atoms with van der Waals surface area (Å²) in [6.07, 6.45) is 0.200. The third-order valence-corrected chi connectivity index (χ3v) is 2.98. The van der Waals surface area contributed by atoms with E-state index in [0.717, 1.165) is 11.1 Å². The second-order valence-electron chi connectivity index (χ2n) is 4.51. The van der Waals surface area contributed by atoms with E-state index in [1.54, 1.807) is 0 Å². The van der Waals surface area contributed by atoms with Crippen LogP contribution in [0.25, 0.3) is 0 Å². The van der Waals surface area contributed by atoms with Crippen LogP contribution in [0.2, 0.25) is 0 Å². The number of pyridine rings is 1. The van der Waals surface area contributed by atoms with Crippen LogP contribution in [0.15, 0.2) is 36.4 Å². The molecule has 108 valence electrons. The van der Waals surface area contributed by atoms with E-state index in [2.05, 4.69) is 10.3 Å². The number of nitrogens with zero attached hydrogens (tertiary/aromatic N) is 2. The molecule has 2 rings (SSSR count). The number of carbonyl (C=O) groups is 1. The average Bonchev–Trinajstić information content (AvgIpc) is 2.41. The first-order valence-electron chi connectivity index (χ1n) is 6.22. The molecule has 0 saturated carbocycles. The first-order valence-corrected chi connectivity index (χ1v) is 6.22. The highest BCUT2D eigenvalue weighted by Gasteiger charge is 2.14. The number of hydrogen-bond acceptors (Lipinski definition) is 5. The molecule has 0 spiro atoms. The smallest absolute Gasteiger partial charge is 0.311 e. The normalized spacial score (nSPS) is 10.1. The summed E-state index contributed by atoms with van der Waals surface area (Å²) in [6, 6.07) is 10.1. The Bertz CT molecular complexity index is 700. The molecule has 7 heteroatoms. The van der Waals surface area contributed by atoms with E-state index < -0.39 is 4.92 Å². The maximum Gasteiger partial charge on any atom is 0.311 e. The Labute approximate surface area is 121 Å². The molecule has 0 unspecified atom stereocenters. The number of anilines is 2. The van der Waals surface area contributed by atoms with Gasteiger partial charge in [-0.05, 0) is 24.1 Å². The average molecular weight is 286 g/mol. The maximum atomic E-state index is 11.9. The van der Waals surface area contributed by atoms with Crippen LogP contribution in [0, 0.1) is 17.0 Å². The summed E-state index contributed by atoms with van der Waals surface area (Å²) < 4.78 is 0. The van der Waals surface area contributed by atoms with E-state index in [1.165, 1.54) is 12.1 Å². The van der Waals surface area contributed by atoms with Crippen molar-refractivity contribution < 1.29 is 9.72 Å². The second kappa shape index (κ2) is 6.00. The molecule has 2 aromatic rings. The number of rotatable bonds is 4. The molecule has 0 radical (unpaired) electrons. The fourth-order valence-electron chi connectivity index (χ4n) is 1.86. The summed E-state index contributed by atoms with van der Waals surface area (Å²) in [5.74, 6) is -0.296. The Morgan fingerprint density at radius 3 is 2.67 bits per heavy atom. The molecule has 1 amide bonds. The van der Waals surface area contributed by atoms with Crippen molar-refractivity contribution in [3.05, 3.63) is 57.6 Å². The molecule has 0 atom stereocenters. The van der Waals surface area contributed by atoms with Crippen molar-refractivity contribution in [2.24, 2.45) is 0 Å². The van der Waals surface area contributed by atoms with Gasteiger partial charge in [-0.25, -0.2) is 4.98 Å². The Hall–Kier alpha value is -2.96. The molecule has 0 aliphatic carbocycles. The van der Waals surface area contributed by atoms with Crippen LogP contribution in [0.4, 0.5) is 17.3 Å². The van der Waals surface area contributed by atoms with E-state index in [9.17, 15) is 14.9 Å². The van der Waals surface area contributed by atoms with Crippen LogP contribution >= 0.6 is 0 Å². The highest BCUT2D eigenvalue weighted by Crippen LogP contribution is 2.20. The standard InChI is InChI=1S/C14H14N4O3/c1-9-4-2-3-5-10(9)8-13(19)16-12-7-6-11(18(20)21)14(15)17-12/h2-7H,8H2,1H3,(H3,15,16,17,19). The molecular formula is C14H14N4O3. The molecule has 1 aromatic carbocycles. The van der Waals surface area contributed by atoms with Gasteiger partial charge in [0, 0.05) is 6.07 Å². The lowest BCUT2D eigenvalue weighted by Gasteiger charge is -2.07. The third kappa shape index (κ3) is 3.53. The number of aromatic nitrogens is 1. The van der Waals surface area contributed by atoms with Crippen molar-refractivity contribution in [3.8, 4) is 0 Å². The quantitative estimate of drug-likeness (QED) is 0.660. The van der Waals surface area contributed by atoms with Gasteiger partial charge < -0.3 is 11.1 Å².